The summed E-state index contributed by atoms with van der Waals surface area (Å²) >= 11 is 1.20. The summed E-state index contributed by atoms with van der Waals surface area (Å²) in [7, 11) is 1.28. The molecule has 3 rings (SSSR count). The molecule has 148 valence electrons. The van der Waals surface area contributed by atoms with Gasteiger partial charge in [0.05, 0.1) is 13.5 Å². The van der Waals surface area contributed by atoms with Gasteiger partial charge in [-0.2, -0.15) is 0 Å². The molecule has 6 nitrogen and oxygen atoms in total. The Hall–Kier alpha value is -3.45. The molecule has 0 fully saturated rings. The number of amides is 1. The molecule has 1 heterocycles. The Labute approximate surface area is 171 Å². The summed E-state index contributed by atoms with van der Waals surface area (Å²) in [4.78, 5) is 35.0. The number of nitrogens with one attached hydrogen (secondary N) is 1. The zero-order valence-corrected chi connectivity index (χ0v) is 16.5. The summed E-state index contributed by atoms with van der Waals surface area (Å²) in [6.45, 7) is 0. The van der Waals surface area contributed by atoms with Gasteiger partial charge in [0.2, 0.25) is 5.91 Å². The Kier molecular flexibility index (Phi) is 6.41. The Morgan fingerprint density at radius 1 is 0.931 bits per heavy atom. The van der Waals surface area contributed by atoms with Gasteiger partial charge in [0, 0.05) is 17.4 Å². The summed E-state index contributed by atoms with van der Waals surface area (Å²) in [6.07, 6.45) is -0.451. The minimum atomic E-state index is -1.06. The van der Waals surface area contributed by atoms with E-state index in [0.29, 0.717) is 10.6 Å². The molecule has 0 radical (unpaired) electrons. The van der Waals surface area contributed by atoms with Gasteiger partial charge in [0.15, 0.2) is 0 Å². The van der Waals surface area contributed by atoms with Crippen LogP contribution in [-0.4, -0.2) is 30.1 Å². The highest BCUT2D eigenvalue weighted by Crippen LogP contribution is 2.37. The van der Waals surface area contributed by atoms with Crippen LogP contribution in [0.25, 0.3) is 22.3 Å². The molecule has 0 spiro atoms. The van der Waals surface area contributed by atoms with Gasteiger partial charge >= 0.3 is 11.9 Å². The molecule has 7 heteroatoms. The van der Waals surface area contributed by atoms with E-state index in [9.17, 15) is 14.4 Å². The number of aliphatic carboxylic acids is 1. The number of carbonyl (C=O) groups is 3. The van der Waals surface area contributed by atoms with Crippen LogP contribution in [-0.2, 0) is 14.3 Å². The van der Waals surface area contributed by atoms with Crippen LogP contribution in [0.15, 0.2) is 60.0 Å². The second-order valence-electron chi connectivity index (χ2n) is 6.23. The second kappa shape index (κ2) is 9.16. The van der Waals surface area contributed by atoms with Gasteiger partial charge in [0.25, 0.3) is 0 Å². The fourth-order valence-corrected chi connectivity index (χ4v) is 3.82. The van der Waals surface area contributed by atoms with Crippen LogP contribution in [0.5, 0.6) is 0 Å². The Bertz CT molecular complexity index is 1030. The number of carboxylic acid groups (broad SMARTS) is 1. The van der Waals surface area contributed by atoms with Crippen molar-refractivity contribution in [1.82, 2.24) is 0 Å². The molecule has 0 aliphatic rings. The number of thiophene rings is 1. The average Bonchev–Trinajstić information content (AvgIpc) is 3.16. The standard InChI is InChI=1S/C22H19NO5S/c1-28-22(27)20-17(13-29-21(20)23-18(24)11-12-19(25)26)16-9-7-15(8-10-16)14-5-3-2-4-6-14/h2-10,13H,11-12H2,1H3,(H,23,24)(H,25,26). The highest BCUT2D eigenvalue weighted by Gasteiger charge is 2.22. The normalized spacial score (nSPS) is 10.4. The van der Waals surface area contributed by atoms with Crippen molar-refractivity contribution in [2.45, 2.75) is 12.8 Å². The summed E-state index contributed by atoms with van der Waals surface area (Å²) in [5, 5.41) is 13.5. The summed E-state index contributed by atoms with van der Waals surface area (Å²) < 4.78 is 4.89. The zero-order chi connectivity index (χ0) is 20.8. The van der Waals surface area contributed by atoms with Crippen molar-refractivity contribution < 1.29 is 24.2 Å². The first-order valence-electron chi connectivity index (χ1n) is 8.87. The highest BCUT2D eigenvalue weighted by atomic mass is 32.1. The van der Waals surface area contributed by atoms with Gasteiger partial charge < -0.3 is 15.2 Å². The Balaban J connectivity index is 1.89. The number of hydrogen-bond donors (Lipinski definition) is 2. The van der Waals surface area contributed by atoms with Gasteiger partial charge in [-0.3, -0.25) is 9.59 Å². The van der Waals surface area contributed by atoms with Crippen molar-refractivity contribution in [2.24, 2.45) is 0 Å². The zero-order valence-electron chi connectivity index (χ0n) is 15.7. The fourth-order valence-electron chi connectivity index (χ4n) is 2.85. The Morgan fingerprint density at radius 3 is 2.17 bits per heavy atom. The molecule has 1 amide bonds. The van der Waals surface area contributed by atoms with E-state index in [-0.39, 0.29) is 18.4 Å². The van der Waals surface area contributed by atoms with Crippen molar-refractivity contribution in [3.05, 3.63) is 65.5 Å². The molecule has 0 aliphatic heterocycles. The predicted molar refractivity (Wildman–Crippen MR) is 112 cm³/mol. The van der Waals surface area contributed by atoms with E-state index in [0.717, 1.165) is 16.7 Å². The summed E-state index contributed by atoms with van der Waals surface area (Å²) in [6, 6.07) is 17.7. The maximum Gasteiger partial charge on any atom is 0.341 e. The monoisotopic (exact) mass is 409 g/mol. The van der Waals surface area contributed by atoms with E-state index < -0.39 is 17.8 Å². The minimum absolute atomic E-state index is 0.172. The largest absolute Gasteiger partial charge is 0.481 e. The first kappa shape index (κ1) is 20.3. The summed E-state index contributed by atoms with van der Waals surface area (Å²) in [5.41, 5.74) is 3.85. The molecule has 0 saturated heterocycles. The van der Waals surface area contributed by atoms with Crippen LogP contribution in [0, 0.1) is 0 Å². The van der Waals surface area contributed by atoms with Gasteiger partial charge in [-0.1, -0.05) is 54.6 Å². The molecule has 0 atom stereocenters. The lowest BCUT2D eigenvalue weighted by Gasteiger charge is -2.08. The van der Waals surface area contributed by atoms with Crippen LogP contribution in [0.4, 0.5) is 5.00 Å². The molecule has 0 unspecified atom stereocenters. The van der Waals surface area contributed by atoms with Crippen molar-refractivity contribution in [3.63, 3.8) is 0 Å². The second-order valence-corrected chi connectivity index (χ2v) is 7.11. The molecule has 2 N–H and O–H groups in total. The number of esters is 1. The van der Waals surface area contributed by atoms with E-state index >= 15 is 0 Å². The van der Waals surface area contributed by atoms with Crippen molar-refractivity contribution in [2.75, 3.05) is 12.4 Å². The number of ether oxygens (including phenoxy) is 1. The number of benzene rings is 2. The molecule has 1 aromatic heterocycles. The first-order valence-corrected chi connectivity index (χ1v) is 9.75. The Morgan fingerprint density at radius 2 is 1.55 bits per heavy atom. The van der Waals surface area contributed by atoms with E-state index in [1.54, 1.807) is 5.38 Å². The van der Waals surface area contributed by atoms with Crippen LogP contribution >= 0.6 is 11.3 Å². The van der Waals surface area contributed by atoms with Crippen LogP contribution in [0.3, 0.4) is 0 Å². The number of carboxylic acids is 1. The van der Waals surface area contributed by atoms with E-state index in [4.69, 9.17) is 9.84 Å². The third kappa shape index (κ3) is 4.89. The van der Waals surface area contributed by atoms with Gasteiger partial charge in [-0.15, -0.1) is 11.3 Å². The third-order valence-corrected chi connectivity index (χ3v) is 5.20. The van der Waals surface area contributed by atoms with Gasteiger partial charge in [-0.25, -0.2) is 4.79 Å². The molecular formula is C22H19NO5S. The van der Waals surface area contributed by atoms with Crippen LogP contribution < -0.4 is 5.32 Å². The van der Waals surface area contributed by atoms with Crippen molar-refractivity contribution >= 4 is 34.2 Å². The van der Waals surface area contributed by atoms with Crippen LogP contribution in [0.2, 0.25) is 0 Å². The molecular weight excluding hydrogens is 390 g/mol. The van der Waals surface area contributed by atoms with E-state index in [1.165, 1.54) is 18.4 Å². The minimum Gasteiger partial charge on any atom is -0.481 e. The number of rotatable bonds is 7. The first-order chi connectivity index (χ1) is 14.0. The van der Waals surface area contributed by atoms with Crippen molar-refractivity contribution in [1.29, 1.82) is 0 Å². The number of carbonyl (C=O) groups excluding carboxylic acids is 2. The predicted octanol–water partition coefficient (Wildman–Crippen LogP) is 4.67. The molecule has 29 heavy (non-hydrogen) atoms. The number of anilines is 1. The molecule has 3 aromatic rings. The number of hydrogen-bond acceptors (Lipinski definition) is 5. The van der Waals surface area contributed by atoms with Gasteiger partial charge in [-0.05, 0) is 16.7 Å². The number of methoxy groups -OCH3 is 1. The molecule has 0 saturated carbocycles. The molecule has 2 aromatic carbocycles. The quantitative estimate of drug-likeness (QED) is 0.553. The van der Waals surface area contributed by atoms with E-state index in [2.05, 4.69) is 5.32 Å². The van der Waals surface area contributed by atoms with Crippen molar-refractivity contribution in [3.8, 4) is 22.3 Å². The SMILES string of the molecule is COC(=O)c1c(-c2ccc(-c3ccccc3)cc2)csc1NC(=O)CCC(=O)O. The topological polar surface area (TPSA) is 92.7 Å². The average molecular weight is 409 g/mol. The third-order valence-electron chi connectivity index (χ3n) is 4.30. The molecule has 0 aliphatic carbocycles. The lowest BCUT2D eigenvalue weighted by Crippen LogP contribution is -2.15. The lowest BCUT2D eigenvalue weighted by atomic mass is 9.99. The summed E-state index contributed by atoms with van der Waals surface area (Å²) in [5.74, 6) is -2.09. The fraction of sp³-hybridized carbons (Fsp3) is 0.136. The van der Waals surface area contributed by atoms with Gasteiger partial charge in [0.1, 0.15) is 10.6 Å². The molecule has 0 bridgehead atoms. The van der Waals surface area contributed by atoms with E-state index in [1.807, 2.05) is 54.6 Å². The maximum atomic E-state index is 12.4. The highest BCUT2D eigenvalue weighted by molar-refractivity contribution is 7.15. The maximum absolute atomic E-state index is 12.4. The smallest absolute Gasteiger partial charge is 0.341 e. The van der Waals surface area contributed by atoms with Crippen LogP contribution in [0.1, 0.15) is 23.2 Å². The lowest BCUT2D eigenvalue weighted by molar-refractivity contribution is -0.138.